The molecule has 0 saturated carbocycles. The number of rotatable bonds is 3. The van der Waals surface area contributed by atoms with Crippen LogP contribution in [0.4, 0.5) is 27.1 Å². The molecule has 0 saturated heterocycles. The fraction of sp³-hybridized carbons (Fsp3) is 0.143. The molecule has 0 heterocycles. The zero-order valence-electron chi connectivity index (χ0n) is 11.4. The van der Waals surface area contributed by atoms with Gasteiger partial charge < -0.3 is 21.5 Å². The average Bonchev–Trinajstić information content (AvgIpc) is 2.44. The topological polar surface area (TPSA) is 73.3 Å². The normalized spacial score (nSPS) is 10.5. The summed E-state index contributed by atoms with van der Waals surface area (Å²) in [6.07, 6.45) is 0. The number of ether oxygens (including phenoxy) is 1. The van der Waals surface area contributed by atoms with Crippen molar-refractivity contribution in [3.8, 4) is 5.75 Å². The number of nitrogens with two attached hydrogens (primary N) is 2. The second-order valence-electron chi connectivity index (χ2n) is 4.48. The van der Waals surface area contributed by atoms with Crippen molar-refractivity contribution < 1.29 is 9.13 Å². The number of aryl methyl sites for hydroxylation is 1. The first kappa shape index (κ1) is 15.5. The van der Waals surface area contributed by atoms with Crippen molar-refractivity contribution in [2.75, 3.05) is 23.9 Å². The van der Waals surface area contributed by atoms with Crippen molar-refractivity contribution >= 4 is 46.0 Å². The Morgan fingerprint density at radius 1 is 1.14 bits per heavy atom. The minimum atomic E-state index is -0.719. The molecule has 0 aliphatic heterocycles. The van der Waals surface area contributed by atoms with Crippen LogP contribution in [0.15, 0.2) is 18.2 Å². The summed E-state index contributed by atoms with van der Waals surface area (Å²) in [6.45, 7) is 1.82. The van der Waals surface area contributed by atoms with E-state index in [1.165, 1.54) is 13.2 Å². The van der Waals surface area contributed by atoms with Gasteiger partial charge in [-0.3, -0.25) is 0 Å². The summed E-state index contributed by atoms with van der Waals surface area (Å²) in [5.74, 6) is -0.263. The molecule has 0 aliphatic rings. The second kappa shape index (κ2) is 5.87. The Hall–Kier alpha value is -1.85. The van der Waals surface area contributed by atoms with Gasteiger partial charge in [0.2, 0.25) is 0 Å². The average molecular weight is 330 g/mol. The summed E-state index contributed by atoms with van der Waals surface area (Å²) in [5, 5.41) is 3.23. The summed E-state index contributed by atoms with van der Waals surface area (Å²) < 4.78 is 19.4. The van der Waals surface area contributed by atoms with Gasteiger partial charge in [0.15, 0.2) is 5.82 Å². The fourth-order valence-corrected chi connectivity index (χ4v) is 2.16. The van der Waals surface area contributed by atoms with Crippen LogP contribution >= 0.6 is 23.2 Å². The SMILES string of the molecule is COc1cc(Cl)c(C)cc1Nc1c(N)cc(N)c(Cl)c1F. The highest BCUT2D eigenvalue weighted by Crippen LogP contribution is 2.39. The number of methoxy groups -OCH3 is 1. The zero-order chi connectivity index (χ0) is 15.7. The van der Waals surface area contributed by atoms with E-state index >= 15 is 0 Å². The highest BCUT2D eigenvalue weighted by molar-refractivity contribution is 6.33. The minimum absolute atomic E-state index is 0.0363. The first-order valence-electron chi connectivity index (χ1n) is 5.99. The molecule has 0 spiro atoms. The van der Waals surface area contributed by atoms with Gasteiger partial charge in [0.05, 0.1) is 29.9 Å². The zero-order valence-corrected chi connectivity index (χ0v) is 12.9. The van der Waals surface area contributed by atoms with E-state index in [4.69, 9.17) is 39.4 Å². The number of anilines is 4. The number of hydrogen-bond donors (Lipinski definition) is 3. The quantitative estimate of drug-likeness (QED) is 0.731. The summed E-state index contributed by atoms with van der Waals surface area (Å²) in [5.41, 5.74) is 12.9. The van der Waals surface area contributed by atoms with Gasteiger partial charge in [0, 0.05) is 11.1 Å². The van der Waals surface area contributed by atoms with Crippen LogP contribution in [-0.4, -0.2) is 7.11 Å². The Bertz CT molecular complexity index is 707. The maximum atomic E-state index is 14.2. The van der Waals surface area contributed by atoms with E-state index in [1.807, 2.05) is 6.92 Å². The molecule has 21 heavy (non-hydrogen) atoms. The number of nitrogen functional groups attached to an aromatic ring is 2. The maximum absolute atomic E-state index is 14.2. The molecule has 0 aliphatic carbocycles. The summed E-state index contributed by atoms with van der Waals surface area (Å²) in [6, 6.07) is 4.75. The first-order chi connectivity index (χ1) is 9.85. The van der Waals surface area contributed by atoms with Crippen LogP contribution in [0.5, 0.6) is 5.75 Å². The molecule has 5 N–H and O–H groups in total. The Morgan fingerprint density at radius 3 is 2.43 bits per heavy atom. The molecule has 2 aromatic rings. The third kappa shape index (κ3) is 2.94. The first-order valence-corrected chi connectivity index (χ1v) is 6.74. The van der Waals surface area contributed by atoms with E-state index in [0.29, 0.717) is 16.5 Å². The van der Waals surface area contributed by atoms with Crippen LogP contribution < -0.4 is 21.5 Å². The lowest BCUT2D eigenvalue weighted by atomic mass is 10.1. The highest BCUT2D eigenvalue weighted by atomic mass is 35.5. The third-order valence-corrected chi connectivity index (χ3v) is 3.80. The van der Waals surface area contributed by atoms with Gasteiger partial charge in [-0.05, 0) is 24.6 Å². The lowest BCUT2D eigenvalue weighted by molar-refractivity contribution is 0.416. The van der Waals surface area contributed by atoms with Crippen molar-refractivity contribution in [1.29, 1.82) is 0 Å². The van der Waals surface area contributed by atoms with Crippen molar-refractivity contribution in [3.63, 3.8) is 0 Å². The van der Waals surface area contributed by atoms with E-state index in [1.54, 1.807) is 12.1 Å². The Balaban J connectivity index is 2.53. The van der Waals surface area contributed by atoms with Crippen molar-refractivity contribution in [2.24, 2.45) is 0 Å². The Labute approximate surface area is 131 Å². The molecule has 4 nitrogen and oxygen atoms in total. The van der Waals surface area contributed by atoms with Crippen molar-refractivity contribution in [3.05, 3.63) is 39.6 Å². The van der Waals surface area contributed by atoms with Crippen molar-refractivity contribution in [1.82, 2.24) is 0 Å². The fourth-order valence-electron chi connectivity index (χ4n) is 1.86. The number of benzene rings is 2. The van der Waals surface area contributed by atoms with E-state index in [2.05, 4.69) is 5.32 Å². The van der Waals surface area contributed by atoms with Crippen LogP contribution in [0.1, 0.15) is 5.56 Å². The lowest BCUT2D eigenvalue weighted by Gasteiger charge is -2.16. The minimum Gasteiger partial charge on any atom is -0.495 e. The molecule has 2 aromatic carbocycles. The van der Waals surface area contributed by atoms with Gasteiger partial charge in [-0.1, -0.05) is 23.2 Å². The lowest BCUT2D eigenvalue weighted by Crippen LogP contribution is -2.04. The van der Waals surface area contributed by atoms with Gasteiger partial charge in [-0.25, -0.2) is 4.39 Å². The van der Waals surface area contributed by atoms with Crippen LogP contribution in [0.3, 0.4) is 0 Å². The molecule has 0 unspecified atom stereocenters. The Kier molecular flexibility index (Phi) is 4.34. The van der Waals surface area contributed by atoms with Crippen LogP contribution in [-0.2, 0) is 0 Å². The van der Waals surface area contributed by atoms with Gasteiger partial charge >= 0.3 is 0 Å². The van der Waals surface area contributed by atoms with E-state index < -0.39 is 5.82 Å². The molecule has 0 radical (unpaired) electrons. The van der Waals surface area contributed by atoms with Crippen LogP contribution in [0, 0.1) is 12.7 Å². The number of hydrogen-bond acceptors (Lipinski definition) is 4. The molecule has 0 bridgehead atoms. The summed E-state index contributed by atoms with van der Waals surface area (Å²) in [7, 11) is 1.49. The predicted octanol–water partition coefficient (Wildman–Crippen LogP) is 4.36. The molecule has 0 atom stereocenters. The van der Waals surface area contributed by atoms with Gasteiger partial charge in [0.25, 0.3) is 0 Å². The third-order valence-electron chi connectivity index (χ3n) is 3.01. The molecule has 0 aromatic heterocycles. The molecule has 2 rings (SSSR count). The standard InChI is InChI=1S/C14H14Cl2FN3O/c1-6-3-10(11(21-2)4-7(6)15)20-14-9(19)5-8(18)12(16)13(14)17/h3-5,20H,18-19H2,1-2H3. The smallest absolute Gasteiger partial charge is 0.169 e. The van der Waals surface area contributed by atoms with Gasteiger partial charge in [-0.15, -0.1) is 0 Å². The Morgan fingerprint density at radius 2 is 1.81 bits per heavy atom. The molecular formula is C14H14Cl2FN3O. The largest absolute Gasteiger partial charge is 0.495 e. The second-order valence-corrected chi connectivity index (χ2v) is 5.27. The number of nitrogens with one attached hydrogen (secondary N) is 1. The highest BCUT2D eigenvalue weighted by Gasteiger charge is 2.16. The molecule has 7 heteroatoms. The van der Waals surface area contributed by atoms with E-state index in [-0.39, 0.29) is 22.1 Å². The molecule has 0 fully saturated rings. The predicted molar refractivity (Wildman–Crippen MR) is 86.3 cm³/mol. The van der Waals surface area contributed by atoms with Gasteiger partial charge in [0.1, 0.15) is 10.8 Å². The van der Waals surface area contributed by atoms with Crippen LogP contribution in [0.2, 0.25) is 10.0 Å². The van der Waals surface area contributed by atoms with Gasteiger partial charge in [-0.2, -0.15) is 0 Å². The number of halogens is 3. The maximum Gasteiger partial charge on any atom is 0.169 e. The monoisotopic (exact) mass is 329 g/mol. The van der Waals surface area contributed by atoms with Crippen molar-refractivity contribution in [2.45, 2.75) is 6.92 Å². The van der Waals surface area contributed by atoms with E-state index in [0.717, 1.165) is 5.56 Å². The summed E-state index contributed by atoms with van der Waals surface area (Å²) in [4.78, 5) is 0. The summed E-state index contributed by atoms with van der Waals surface area (Å²) >= 11 is 11.8. The molecule has 0 amide bonds. The van der Waals surface area contributed by atoms with Crippen LogP contribution in [0.25, 0.3) is 0 Å². The molecule has 112 valence electrons. The van der Waals surface area contributed by atoms with E-state index in [9.17, 15) is 4.39 Å². The molecular weight excluding hydrogens is 316 g/mol.